The summed E-state index contributed by atoms with van der Waals surface area (Å²) < 4.78 is 7.37. The molecule has 1 saturated heterocycles. The Morgan fingerprint density at radius 1 is 1.30 bits per heavy atom. The van der Waals surface area contributed by atoms with E-state index in [1.54, 1.807) is 24.5 Å². The molecule has 4 rings (SSSR count). The summed E-state index contributed by atoms with van der Waals surface area (Å²) in [7, 11) is 0. The highest BCUT2D eigenvalue weighted by Crippen LogP contribution is 2.28. The molecular formula is C24H25ClN6O2. The van der Waals surface area contributed by atoms with E-state index in [4.69, 9.17) is 21.6 Å². The van der Waals surface area contributed by atoms with Crippen LogP contribution in [0.2, 0.25) is 5.02 Å². The summed E-state index contributed by atoms with van der Waals surface area (Å²) in [5.41, 5.74) is 2.69. The third kappa shape index (κ3) is 5.56. The number of ether oxygens (including phenoxy) is 1. The molecule has 1 N–H and O–H groups in total. The number of rotatable bonds is 8. The maximum Gasteiger partial charge on any atom is 0.227 e. The lowest BCUT2D eigenvalue weighted by Crippen LogP contribution is -2.19. The topological polar surface area (TPSA) is 106 Å². The van der Waals surface area contributed by atoms with Crippen LogP contribution in [0.25, 0.3) is 11.3 Å². The second-order valence-corrected chi connectivity index (χ2v) is 8.41. The van der Waals surface area contributed by atoms with E-state index in [0.717, 1.165) is 37.3 Å². The van der Waals surface area contributed by atoms with Crippen LogP contribution in [-0.4, -0.2) is 38.7 Å². The van der Waals surface area contributed by atoms with Crippen molar-refractivity contribution in [3.05, 3.63) is 53.4 Å². The standard InChI is InChI=1S/C24H25ClN6O2/c1-2-16(12-26)11-22(32)17-3-5-18(6-4-17)23-21(25)14-27-24(30-23)29-19-13-28-31(15-19)20-7-9-33-10-8-20/h3-6,13-16,20H,2,7-11H2,1H3,(H,27,29,30)/t16-/m1/s1. The van der Waals surface area contributed by atoms with Crippen molar-refractivity contribution >= 4 is 29.0 Å². The predicted octanol–water partition coefficient (Wildman–Crippen LogP) is 5.21. The van der Waals surface area contributed by atoms with Crippen LogP contribution < -0.4 is 5.32 Å². The van der Waals surface area contributed by atoms with Gasteiger partial charge in [0, 0.05) is 37.0 Å². The lowest BCUT2D eigenvalue weighted by Gasteiger charge is -2.22. The average Bonchev–Trinajstić information content (AvgIpc) is 3.33. The number of carbonyl (C=O) groups is 1. The number of nitrogens with one attached hydrogen (secondary N) is 1. The van der Waals surface area contributed by atoms with Crippen molar-refractivity contribution in [1.29, 1.82) is 5.26 Å². The molecule has 0 saturated carbocycles. The summed E-state index contributed by atoms with van der Waals surface area (Å²) in [5.74, 6) is 0.0893. The van der Waals surface area contributed by atoms with Gasteiger partial charge in [-0.25, -0.2) is 9.97 Å². The van der Waals surface area contributed by atoms with Gasteiger partial charge < -0.3 is 10.1 Å². The van der Waals surface area contributed by atoms with Gasteiger partial charge >= 0.3 is 0 Å². The highest BCUT2D eigenvalue weighted by atomic mass is 35.5. The monoisotopic (exact) mass is 464 g/mol. The Balaban J connectivity index is 1.48. The second kappa shape index (κ2) is 10.6. The van der Waals surface area contributed by atoms with Crippen LogP contribution in [0.15, 0.2) is 42.9 Å². The van der Waals surface area contributed by atoms with Crippen molar-refractivity contribution in [3.8, 4) is 17.3 Å². The molecule has 0 radical (unpaired) electrons. The molecule has 9 heteroatoms. The molecule has 1 aromatic carbocycles. The van der Waals surface area contributed by atoms with Gasteiger partial charge in [-0.1, -0.05) is 42.8 Å². The van der Waals surface area contributed by atoms with Crippen molar-refractivity contribution < 1.29 is 9.53 Å². The van der Waals surface area contributed by atoms with E-state index in [2.05, 4.69) is 26.5 Å². The number of ketones is 1. The van der Waals surface area contributed by atoms with Gasteiger partial charge in [-0.2, -0.15) is 10.4 Å². The predicted molar refractivity (Wildman–Crippen MR) is 125 cm³/mol. The van der Waals surface area contributed by atoms with Gasteiger partial charge in [0.1, 0.15) is 0 Å². The zero-order valence-corrected chi connectivity index (χ0v) is 19.1. The van der Waals surface area contributed by atoms with Gasteiger partial charge in [-0.05, 0) is 19.3 Å². The number of hydrogen-bond acceptors (Lipinski definition) is 7. The van der Waals surface area contributed by atoms with Gasteiger partial charge in [0.2, 0.25) is 5.95 Å². The molecule has 3 aromatic rings. The first-order valence-corrected chi connectivity index (χ1v) is 11.4. The van der Waals surface area contributed by atoms with E-state index in [0.29, 0.717) is 34.7 Å². The normalized spacial score (nSPS) is 15.1. The summed E-state index contributed by atoms with van der Waals surface area (Å²) in [6.45, 7) is 3.40. The van der Waals surface area contributed by atoms with E-state index in [9.17, 15) is 4.79 Å². The van der Waals surface area contributed by atoms with E-state index in [1.165, 1.54) is 0 Å². The third-order valence-corrected chi connectivity index (χ3v) is 6.03. The van der Waals surface area contributed by atoms with E-state index in [1.807, 2.05) is 29.9 Å². The molecule has 0 spiro atoms. The number of nitrogens with zero attached hydrogens (tertiary/aromatic N) is 5. The van der Waals surface area contributed by atoms with Crippen LogP contribution in [0.3, 0.4) is 0 Å². The maximum atomic E-state index is 12.4. The Morgan fingerprint density at radius 3 is 2.76 bits per heavy atom. The van der Waals surface area contributed by atoms with Gasteiger partial charge in [0.05, 0.1) is 46.8 Å². The molecule has 1 fully saturated rings. The fourth-order valence-corrected chi connectivity index (χ4v) is 3.95. The highest BCUT2D eigenvalue weighted by Gasteiger charge is 2.17. The number of nitriles is 1. The molecule has 0 unspecified atom stereocenters. The number of carbonyl (C=O) groups excluding carboxylic acids is 1. The Kier molecular flexibility index (Phi) is 7.33. The van der Waals surface area contributed by atoms with Crippen molar-refractivity contribution in [2.45, 2.75) is 38.6 Å². The Bertz CT molecular complexity index is 1150. The van der Waals surface area contributed by atoms with Gasteiger partial charge in [0.15, 0.2) is 5.78 Å². The molecule has 0 aliphatic carbocycles. The average molecular weight is 465 g/mol. The van der Waals surface area contributed by atoms with Crippen molar-refractivity contribution in [3.63, 3.8) is 0 Å². The Morgan fingerprint density at radius 2 is 2.06 bits per heavy atom. The molecule has 1 atom stereocenters. The molecule has 8 nitrogen and oxygen atoms in total. The highest BCUT2D eigenvalue weighted by molar-refractivity contribution is 6.32. The molecule has 2 aromatic heterocycles. The largest absolute Gasteiger partial charge is 0.381 e. The van der Waals surface area contributed by atoms with Crippen LogP contribution in [-0.2, 0) is 4.74 Å². The lowest BCUT2D eigenvalue weighted by molar-refractivity contribution is 0.0662. The molecule has 33 heavy (non-hydrogen) atoms. The minimum Gasteiger partial charge on any atom is -0.381 e. The molecule has 1 aliphatic rings. The number of anilines is 2. The summed E-state index contributed by atoms with van der Waals surface area (Å²) in [4.78, 5) is 21.3. The van der Waals surface area contributed by atoms with Crippen molar-refractivity contribution in [2.75, 3.05) is 18.5 Å². The smallest absolute Gasteiger partial charge is 0.227 e. The molecule has 1 aliphatic heterocycles. The number of hydrogen-bond donors (Lipinski definition) is 1. The van der Waals surface area contributed by atoms with E-state index in [-0.39, 0.29) is 18.1 Å². The van der Waals surface area contributed by atoms with Crippen LogP contribution >= 0.6 is 11.6 Å². The summed E-state index contributed by atoms with van der Waals surface area (Å²) in [5, 5.41) is 17.2. The van der Waals surface area contributed by atoms with Crippen LogP contribution in [0.5, 0.6) is 0 Å². The summed E-state index contributed by atoms with van der Waals surface area (Å²) in [6.07, 6.45) is 7.99. The molecule has 0 bridgehead atoms. The zero-order chi connectivity index (χ0) is 23.2. The molecule has 0 amide bonds. The van der Waals surface area contributed by atoms with E-state index >= 15 is 0 Å². The van der Waals surface area contributed by atoms with Crippen LogP contribution in [0.4, 0.5) is 11.6 Å². The zero-order valence-electron chi connectivity index (χ0n) is 18.4. The fraction of sp³-hybridized carbons (Fsp3) is 0.375. The van der Waals surface area contributed by atoms with Crippen LogP contribution in [0.1, 0.15) is 49.0 Å². The lowest BCUT2D eigenvalue weighted by atomic mass is 9.96. The molecule has 170 valence electrons. The Labute approximate surface area is 197 Å². The maximum absolute atomic E-state index is 12.4. The number of Topliss-reactive ketones (excluding diaryl/α,β-unsaturated/α-hetero) is 1. The number of benzene rings is 1. The quantitative estimate of drug-likeness (QED) is 0.456. The van der Waals surface area contributed by atoms with Crippen LogP contribution in [0, 0.1) is 17.2 Å². The molecule has 3 heterocycles. The molecular weight excluding hydrogens is 440 g/mol. The van der Waals surface area contributed by atoms with Crippen molar-refractivity contribution in [2.24, 2.45) is 5.92 Å². The second-order valence-electron chi connectivity index (χ2n) is 8.01. The first-order chi connectivity index (χ1) is 16.1. The van der Waals surface area contributed by atoms with Crippen molar-refractivity contribution in [1.82, 2.24) is 19.7 Å². The van der Waals surface area contributed by atoms with E-state index < -0.39 is 0 Å². The number of halogens is 1. The SMILES string of the molecule is CC[C@@H](C#N)CC(=O)c1ccc(-c2nc(Nc3cnn(C4CCOCC4)c3)ncc2Cl)cc1. The minimum atomic E-state index is -0.266. The number of aromatic nitrogens is 4. The Hall–Kier alpha value is -3.28. The third-order valence-electron chi connectivity index (χ3n) is 5.75. The van der Waals surface area contributed by atoms with Gasteiger partial charge in [0.25, 0.3) is 0 Å². The summed E-state index contributed by atoms with van der Waals surface area (Å²) in [6, 6.07) is 9.60. The first kappa shape index (κ1) is 22.9. The minimum absolute atomic E-state index is 0.0485. The van der Waals surface area contributed by atoms with Gasteiger partial charge in [-0.15, -0.1) is 0 Å². The fourth-order valence-electron chi connectivity index (χ4n) is 3.75. The summed E-state index contributed by atoms with van der Waals surface area (Å²) >= 11 is 6.36. The van der Waals surface area contributed by atoms with Gasteiger partial charge in [-0.3, -0.25) is 9.48 Å². The first-order valence-electron chi connectivity index (χ1n) is 11.0.